The summed E-state index contributed by atoms with van der Waals surface area (Å²) < 4.78 is 0. The molecular weight excluding hydrogens is 200 g/mol. The summed E-state index contributed by atoms with van der Waals surface area (Å²) in [4.78, 5) is 0. The number of H-pyrrole nitrogens is 1. The number of nitrogens with one attached hydrogen (secondary N) is 1. The Labute approximate surface area is 85.9 Å². The number of aromatic nitrogens is 2. The van der Waals surface area contributed by atoms with Gasteiger partial charge in [0.15, 0.2) is 5.82 Å². The van der Waals surface area contributed by atoms with Gasteiger partial charge in [-0.3, -0.25) is 5.10 Å². The van der Waals surface area contributed by atoms with E-state index in [1.165, 1.54) is 0 Å². The minimum absolute atomic E-state index is 0.292. The molecule has 0 spiro atoms. The van der Waals surface area contributed by atoms with E-state index in [4.69, 9.17) is 23.1 Å². The summed E-state index contributed by atoms with van der Waals surface area (Å²) in [6.45, 7) is 0. The highest BCUT2D eigenvalue weighted by Gasteiger charge is 2.11. The van der Waals surface area contributed by atoms with Crippen molar-refractivity contribution >= 4 is 23.1 Å². The number of nitrogens with zero attached hydrogens (tertiary/aromatic N) is 1. The normalized spacial score (nSPS) is 10.4. The number of aromatic amines is 1. The van der Waals surface area contributed by atoms with E-state index in [9.17, 15) is 0 Å². The first kappa shape index (κ1) is 8.90. The van der Waals surface area contributed by atoms with Crippen molar-refractivity contribution in [2.75, 3.05) is 11.5 Å². The first-order valence-corrected chi connectivity index (χ1v) is 4.42. The fourth-order valence-corrected chi connectivity index (χ4v) is 1.46. The number of benzene rings is 1. The van der Waals surface area contributed by atoms with E-state index in [1.54, 1.807) is 6.07 Å². The van der Waals surface area contributed by atoms with Gasteiger partial charge in [0, 0.05) is 5.56 Å². The SMILES string of the molecule is Nc1n[nH]c(-c2ccccc2Cl)c1N. The zero-order valence-electron chi connectivity index (χ0n) is 7.29. The summed E-state index contributed by atoms with van der Waals surface area (Å²) in [5.74, 6) is 0.292. The number of halogens is 1. The highest BCUT2D eigenvalue weighted by molar-refractivity contribution is 6.33. The molecule has 0 bridgehead atoms. The van der Waals surface area contributed by atoms with Gasteiger partial charge >= 0.3 is 0 Å². The summed E-state index contributed by atoms with van der Waals surface area (Å²) in [5, 5.41) is 7.16. The molecule has 0 unspecified atom stereocenters. The van der Waals surface area contributed by atoms with E-state index in [-0.39, 0.29) is 0 Å². The first-order valence-electron chi connectivity index (χ1n) is 4.04. The second kappa shape index (κ2) is 3.23. The third kappa shape index (κ3) is 1.29. The lowest BCUT2D eigenvalue weighted by atomic mass is 10.1. The molecule has 0 atom stereocenters. The molecule has 1 aromatic heterocycles. The Balaban J connectivity index is 2.60. The van der Waals surface area contributed by atoms with Crippen LogP contribution in [0.2, 0.25) is 5.02 Å². The molecule has 0 fully saturated rings. The Morgan fingerprint density at radius 3 is 2.50 bits per heavy atom. The molecule has 0 radical (unpaired) electrons. The molecule has 1 heterocycles. The van der Waals surface area contributed by atoms with Gasteiger partial charge in [0.2, 0.25) is 0 Å². The molecule has 4 nitrogen and oxygen atoms in total. The van der Waals surface area contributed by atoms with Gasteiger partial charge < -0.3 is 11.5 Å². The summed E-state index contributed by atoms with van der Waals surface area (Å²) in [6, 6.07) is 7.36. The van der Waals surface area contributed by atoms with Crippen LogP contribution in [0.3, 0.4) is 0 Å². The number of hydrogen-bond donors (Lipinski definition) is 3. The van der Waals surface area contributed by atoms with Crippen LogP contribution in [-0.4, -0.2) is 10.2 Å². The van der Waals surface area contributed by atoms with Gasteiger partial charge in [-0.25, -0.2) is 0 Å². The molecule has 0 amide bonds. The first-order chi connectivity index (χ1) is 6.70. The lowest BCUT2D eigenvalue weighted by Crippen LogP contribution is -1.92. The standard InChI is InChI=1S/C9H9ClN4/c10-6-4-2-1-3-5(6)8-7(11)9(12)14-13-8/h1-4H,11H2,(H3,12,13,14). The van der Waals surface area contributed by atoms with E-state index in [1.807, 2.05) is 18.2 Å². The second-order valence-electron chi connectivity index (χ2n) is 2.88. The fraction of sp³-hybridized carbons (Fsp3) is 0. The van der Waals surface area contributed by atoms with Gasteiger partial charge in [-0.05, 0) is 6.07 Å². The minimum atomic E-state index is 0.292. The van der Waals surface area contributed by atoms with Crippen molar-refractivity contribution in [2.24, 2.45) is 0 Å². The van der Waals surface area contributed by atoms with Crippen LogP contribution < -0.4 is 11.5 Å². The lowest BCUT2D eigenvalue weighted by Gasteiger charge is -2.01. The van der Waals surface area contributed by atoms with Crippen molar-refractivity contribution in [3.8, 4) is 11.3 Å². The van der Waals surface area contributed by atoms with Crippen LogP contribution >= 0.6 is 11.6 Å². The van der Waals surface area contributed by atoms with Gasteiger partial charge in [-0.2, -0.15) is 5.10 Å². The maximum absolute atomic E-state index is 6.00. The molecule has 2 aromatic rings. The Hall–Kier alpha value is -1.68. The van der Waals surface area contributed by atoms with Gasteiger partial charge in [0.1, 0.15) is 5.69 Å². The molecule has 0 saturated carbocycles. The highest BCUT2D eigenvalue weighted by atomic mass is 35.5. The van der Waals surface area contributed by atoms with Crippen LogP contribution in [0.25, 0.3) is 11.3 Å². The van der Waals surface area contributed by atoms with E-state index in [0.717, 1.165) is 5.56 Å². The third-order valence-electron chi connectivity index (χ3n) is 1.98. The molecule has 0 aliphatic rings. The van der Waals surface area contributed by atoms with Crippen molar-refractivity contribution in [3.05, 3.63) is 29.3 Å². The molecule has 72 valence electrons. The monoisotopic (exact) mass is 208 g/mol. The van der Waals surface area contributed by atoms with Crippen LogP contribution in [-0.2, 0) is 0 Å². The quantitative estimate of drug-likeness (QED) is 0.670. The Morgan fingerprint density at radius 2 is 1.93 bits per heavy atom. The molecule has 14 heavy (non-hydrogen) atoms. The number of hydrogen-bond acceptors (Lipinski definition) is 3. The van der Waals surface area contributed by atoms with Crippen LogP contribution in [0.1, 0.15) is 0 Å². The molecule has 2 rings (SSSR count). The zero-order chi connectivity index (χ0) is 10.1. The largest absolute Gasteiger partial charge is 0.394 e. The second-order valence-corrected chi connectivity index (χ2v) is 3.28. The summed E-state index contributed by atoms with van der Waals surface area (Å²) in [7, 11) is 0. The van der Waals surface area contributed by atoms with Crippen LogP contribution in [0.5, 0.6) is 0 Å². The van der Waals surface area contributed by atoms with Gasteiger partial charge in [0.25, 0.3) is 0 Å². The van der Waals surface area contributed by atoms with E-state index >= 15 is 0 Å². The maximum atomic E-state index is 6.00. The Bertz CT molecular complexity index is 464. The smallest absolute Gasteiger partial charge is 0.169 e. The number of nitrogen functional groups attached to an aromatic ring is 2. The van der Waals surface area contributed by atoms with Crippen LogP contribution in [0.15, 0.2) is 24.3 Å². The van der Waals surface area contributed by atoms with Crippen molar-refractivity contribution in [1.82, 2.24) is 10.2 Å². The van der Waals surface area contributed by atoms with Crippen LogP contribution in [0.4, 0.5) is 11.5 Å². The summed E-state index contributed by atoms with van der Waals surface area (Å²) in [5.41, 5.74) is 13.1. The van der Waals surface area contributed by atoms with E-state index in [2.05, 4.69) is 10.2 Å². The molecule has 5 N–H and O–H groups in total. The molecule has 0 aliphatic carbocycles. The molecule has 1 aromatic carbocycles. The van der Waals surface area contributed by atoms with Crippen molar-refractivity contribution in [3.63, 3.8) is 0 Å². The van der Waals surface area contributed by atoms with Crippen LogP contribution in [0, 0.1) is 0 Å². The molecule has 5 heteroatoms. The number of rotatable bonds is 1. The lowest BCUT2D eigenvalue weighted by molar-refractivity contribution is 1.10. The number of nitrogens with two attached hydrogens (primary N) is 2. The van der Waals surface area contributed by atoms with Crippen molar-refractivity contribution < 1.29 is 0 Å². The van der Waals surface area contributed by atoms with E-state index in [0.29, 0.717) is 22.2 Å². The third-order valence-corrected chi connectivity index (χ3v) is 2.31. The topological polar surface area (TPSA) is 80.7 Å². The Morgan fingerprint density at radius 1 is 1.21 bits per heavy atom. The van der Waals surface area contributed by atoms with E-state index < -0.39 is 0 Å². The molecule has 0 saturated heterocycles. The van der Waals surface area contributed by atoms with Crippen molar-refractivity contribution in [1.29, 1.82) is 0 Å². The maximum Gasteiger partial charge on any atom is 0.169 e. The van der Waals surface area contributed by atoms with Gasteiger partial charge in [-0.15, -0.1) is 0 Å². The molecule has 0 aliphatic heterocycles. The Kier molecular flexibility index (Phi) is 2.05. The van der Waals surface area contributed by atoms with Gasteiger partial charge in [0.05, 0.1) is 10.7 Å². The van der Waals surface area contributed by atoms with Crippen molar-refractivity contribution in [2.45, 2.75) is 0 Å². The van der Waals surface area contributed by atoms with Gasteiger partial charge in [-0.1, -0.05) is 29.8 Å². The minimum Gasteiger partial charge on any atom is -0.394 e. The predicted molar refractivity (Wildman–Crippen MR) is 57.9 cm³/mol. The fourth-order valence-electron chi connectivity index (χ4n) is 1.23. The zero-order valence-corrected chi connectivity index (χ0v) is 8.05. The summed E-state index contributed by atoms with van der Waals surface area (Å²) in [6.07, 6.45) is 0. The molecular formula is C9H9ClN4. The average molecular weight is 209 g/mol. The summed E-state index contributed by atoms with van der Waals surface area (Å²) >= 11 is 6.00. The average Bonchev–Trinajstić information content (AvgIpc) is 2.49. The predicted octanol–water partition coefficient (Wildman–Crippen LogP) is 1.89. The highest BCUT2D eigenvalue weighted by Crippen LogP contribution is 2.32. The number of anilines is 2.